The molecule has 3 N–H and O–H groups in total. The van der Waals surface area contributed by atoms with Gasteiger partial charge in [0, 0.05) is 5.41 Å². The molecule has 6 atom stereocenters. The standard InChI is InChI=1S/C29H46O3/c1-19(8-6-14-27(3,4)32)23-12-13-24-21(9-7-15-28(23,24)5)10-11-22-18-25(30)29(16-17-29)26(31)20(22)2/h10-11,19,23-26,30-32H,2,6-9,12-18H2,1,3-5H3/b21-10+,22-11-/t19-,23-,24?,25-,26+,28-/m1/s1. The molecule has 0 saturated heterocycles. The molecule has 0 radical (unpaired) electrons. The Morgan fingerprint density at radius 2 is 1.88 bits per heavy atom. The van der Waals surface area contributed by atoms with Crippen molar-refractivity contribution < 1.29 is 15.3 Å². The van der Waals surface area contributed by atoms with Gasteiger partial charge in [0.1, 0.15) is 0 Å². The van der Waals surface area contributed by atoms with Gasteiger partial charge in [-0.15, -0.1) is 0 Å². The van der Waals surface area contributed by atoms with E-state index < -0.39 is 17.8 Å². The first kappa shape index (κ1) is 24.2. The molecular weight excluding hydrogens is 396 g/mol. The SMILES string of the molecule is C=C1/C(=C\C=C2/CCC[C@@]3(C)C2CC[C@@H]3[C@H](C)CCCC(C)(C)O)C[C@@H](O)C2(CC2)[C@H]1O. The topological polar surface area (TPSA) is 60.7 Å². The number of hydrogen-bond acceptors (Lipinski definition) is 3. The molecule has 32 heavy (non-hydrogen) atoms. The van der Waals surface area contributed by atoms with Gasteiger partial charge in [0.05, 0.1) is 17.8 Å². The van der Waals surface area contributed by atoms with Crippen molar-refractivity contribution in [3.05, 3.63) is 35.5 Å². The number of hydrogen-bond donors (Lipinski definition) is 3. The van der Waals surface area contributed by atoms with Crippen molar-refractivity contribution in [2.45, 2.75) is 116 Å². The van der Waals surface area contributed by atoms with Crippen LogP contribution in [0.25, 0.3) is 0 Å². The Hall–Kier alpha value is -0.900. The summed E-state index contributed by atoms with van der Waals surface area (Å²) in [7, 11) is 0. The van der Waals surface area contributed by atoms with Crippen molar-refractivity contribution in [2.75, 3.05) is 0 Å². The van der Waals surface area contributed by atoms with E-state index in [-0.39, 0.29) is 5.41 Å². The third kappa shape index (κ3) is 4.42. The van der Waals surface area contributed by atoms with Crippen LogP contribution in [0.5, 0.6) is 0 Å². The van der Waals surface area contributed by atoms with E-state index in [9.17, 15) is 15.3 Å². The quantitative estimate of drug-likeness (QED) is 0.466. The summed E-state index contributed by atoms with van der Waals surface area (Å²) in [6.45, 7) is 13.0. The first-order valence-electron chi connectivity index (χ1n) is 13.2. The molecule has 4 aliphatic carbocycles. The maximum atomic E-state index is 10.7. The van der Waals surface area contributed by atoms with E-state index in [2.05, 4.69) is 32.6 Å². The minimum Gasteiger partial charge on any atom is -0.392 e. The number of allylic oxidation sites excluding steroid dienone is 3. The summed E-state index contributed by atoms with van der Waals surface area (Å²) >= 11 is 0. The highest BCUT2D eigenvalue weighted by Crippen LogP contribution is 2.60. The van der Waals surface area contributed by atoms with Gasteiger partial charge >= 0.3 is 0 Å². The summed E-state index contributed by atoms with van der Waals surface area (Å²) in [5.74, 6) is 2.10. The summed E-state index contributed by atoms with van der Waals surface area (Å²) in [5.41, 5.74) is 2.95. The molecule has 4 fully saturated rings. The average molecular weight is 443 g/mol. The molecule has 0 aromatic carbocycles. The fraction of sp³-hybridized carbons (Fsp3) is 0.793. The van der Waals surface area contributed by atoms with Gasteiger partial charge in [-0.25, -0.2) is 0 Å². The van der Waals surface area contributed by atoms with Crippen molar-refractivity contribution in [1.29, 1.82) is 0 Å². The fourth-order valence-corrected chi connectivity index (χ4v) is 7.65. The van der Waals surface area contributed by atoms with Crippen molar-refractivity contribution in [1.82, 2.24) is 0 Å². The smallest absolute Gasteiger partial charge is 0.0868 e. The molecule has 0 aromatic heterocycles. The van der Waals surface area contributed by atoms with Crippen LogP contribution in [0.4, 0.5) is 0 Å². The Kier molecular flexibility index (Phi) is 6.59. The molecule has 0 amide bonds. The Morgan fingerprint density at radius 3 is 2.53 bits per heavy atom. The third-order valence-electron chi connectivity index (χ3n) is 9.86. The van der Waals surface area contributed by atoms with Crippen LogP contribution in [0, 0.1) is 28.6 Å². The Balaban J connectivity index is 1.45. The first-order valence-corrected chi connectivity index (χ1v) is 13.2. The maximum Gasteiger partial charge on any atom is 0.0868 e. The Bertz CT molecular complexity index is 781. The minimum atomic E-state index is -0.590. The molecule has 0 aromatic rings. The summed E-state index contributed by atoms with van der Waals surface area (Å²) in [6.07, 6.45) is 15.5. The fourth-order valence-electron chi connectivity index (χ4n) is 7.65. The van der Waals surface area contributed by atoms with Crippen LogP contribution in [-0.2, 0) is 0 Å². The molecule has 1 unspecified atom stereocenters. The van der Waals surface area contributed by atoms with Gasteiger partial charge in [0.15, 0.2) is 0 Å². The van der Waals surface area contributed by atoms with E-state index >= 15 is 0 Å². The first-order chi connectivity index (χ1) is 15.0. The van der Waals surface area contributed by atoms with E-state index in [0.29, 0.717) is 23.7 Å². The van der Waals surface area contributed by atoms with Crippen molar-refractivity contribution in [2.24, 2.45) is 28.6 Å². The normalized spacial score (nSPS) is 40.2. The molecule has 4 rings (SSSR count). The lowest BCUT2D eigenvalue weighted by atomic mass is 9.60. The highest BCUT2D eigenvalue weighted by Gasteiger charge is 2.58. The minimum absolute atomic E-state index is 0.301. The molecule has 0 heterocycles. The van der Waals surface area contributed by atoms with Gasteiger partial charge in [-0.3, -0.25) is 0 Å². The van der Waals surface area contributed by atoms with Gasteiger partial charge < -0.3 is 15.3 Å². The molecule has 0 aliphatic heterocycles. The van der Waals surface area contributed by atoms with Crippen molar-refractivity contribution in [3.63, 3.8) is 0 Å². The lowest BCUT2D eigenvalue weighted by molar-refractivity contribution is 0.00125. The van der Waals surface area contributed by atoms with Crippen LogP contribution < -0.4 is 0 Å². The summed E-state index contributed by atoms with van der Waals surface area (Å²) in [5, 5.41) is 31.4. The van der Waals surface area contributed by atoms with Crippen LogP contribution in [0.1, 0.15) is 98.3 Å². The average Bonchev–Trinajstić information content (AvgIpc) is 3.43. The summed E-state index contributed by atoms with van der Waals surface area (Å²) in [4.78, 5) is 0. The molecule has 180 valence electrons. The highest BCUT2D eigenvalue weighted by molar-refractivity contribution is 5.42. The molecule has 4 saturated carbocycles. The van der Waals surface area contributed by atoms with E-state index in [0.717, 1.165) is 42.7 Å². The van der Waals surface area contributed by atoms with Crippen molar-refractivity contribution in [3.8, 4) is 0 Å². The zero-order valence-corrected chi connectivity index (χ0v) is 20.9. The largest absolute Gasteiger partial charge is 0.392 e. The molecule has 1 spiro atoms. The molecular formula is C29H46O3. The Labute approximate surface area is 195 Å². The second-order valence-corrected chi connectivity index (χ2v) is 12.6. The zero-order chi connectivity index (χ0) is 23.3. The Morgan fingerprint density at radius 1 is 1.16 bits per heavy atom. The number of fused-ring (bicyclic) bond motifs is 1. The van der Waals surface area contributed by atoms with Crippen molar-refractivity contribution >= 4 is 0 Å². The highest BCUT2D eigenvalue weighted by atomic mass is 16.3. The lowest BCUT2D eigenvalue weighted by Crippen LogP contribution is -2.40. The number of rotatable bonds is 6. The molecule has 0 bridgehead atoms. The number of aliphatic hydroxyl groups is 3. The van der Waals surface area contributed by atoms with Crippen LogP contribution in [-0.4, -0.2) is 33.1 Å². The molecule has 3 heteroatoms. The lowest BCUT2D eigenvalue weighted by Gasteiger charge is -2.44. The molecule has 4 aliphatic rings. The van der Waals surface area contributed by atoms with E-state index in [1.165, 1.54) is 38.5 Å². The summed E-state index contributed by atoms with van der Waals surface area (Å²) < 4.78 is 0. The van der Waals surface area contributed by atoms with Gasteiger partial charge in [0.25, 0.3) is 0 Å². The maximum absolute atomic E-state index is 10.7. The van der Waals surface area contributed by atoms with Gasteiger partial charge in [0.2, 0.25) is 0 Å². The molecule has 3 nitrogen and oxygen atoms in total. The van der Waals surface area contributed by atoms with Crippen LogP contribution in [0.15, 0.2) is 35.5 Å². The third-order valence-corrected chi connectivity index (χ3v) is 9.86. The van der Waals surface area contributed by atoms with E-state index in [1.807, 2.05) is 13.8 Å². The van der Waals surface area contributed by atoms with Crippen LogP contribution >= 0.6 is 0 Å². The van der Waals surface area contributed by atoms with E-state index in [4.69, 9.17) is 0 Å². The second kappa shape index (κ2) is 8.71. The zero-order valence-electron chi connectivity index (χ0n) is 20.9. The van der Waals surface area contributed by atoms with Gasteiger partial charge in [-0.2, -0.15) is 0 Å². The predicted molar refractivity (Wildman–Crippen MR) is 131 cm³/mol. The van der Waals surface area contributed by atoms with Crippen LogP contribution in [0.3, 0.4) is 0 Å². The second-order valence-electron chi connectivity index (χ2n) is 12.6. The van der Waals surface area contributed by atoms with Gasteiger partial charge in [-0.1, -0.05) is 51.0 Å². The van der Waals surface area contributed by atoms with Gasteiger partial charge in [-0.05, 0) is 106 Å². The van der Waals surface area contributed by atoms with E-state index in [1.54, 1.807) is 5.57 Å². The monoisotopic (exact) mass is 442 g/mol. The predicted octanol–water partition coefficient (Wildman–Crippen LogP) is 6.09. The van der Waals surface area contributed by atoms with Crippen LogP contribution in [0.2, 0.25) is 0 Å². The number of aliphatic hydroxyl groups excluding tert-OH is 2. The summed E-state index contributed by atoms with van der Waals surface area (Å²) in [6, 6.07) is 0.